The SMILES string of the molecule is COC(=O)[C@@H]1CC(Cl)(Cl)[C@@H](C)[C@@H]1C(=S)NC(C)(C)C. The van der Waals surface area contributed by atoms with Gasteiger partial charge >= 0.3 is 5.97 Å². The smallest absolute Gasteiger partial charge is 0.309 e. The molecule has 0 aromatic heterocycles. The van der Waals surface area contributed by atoms with E-state index in [1.54, 1.807) is 0 Å². The molecule has 0 spiro atoms. The Hall–Kier alpha value is -0.0600. The van der Waals surface area contributed by atoms with Crippen molar-refractivity contribution in [2.24, 2.45) is 17.8 Å². The molecule has 1 N–H and O–H groups in total. The van der Waals surface area contributed by atoms with E-state index in [9.17, 15) is 4.79 Å². The number of hydrogen-bond donors (Lipinski definition) is 1. The Kier molecular flexibility index (Phi) is 5.14. The summed E-state index contributed by atoms with van der Waals surface area (Å²) in [4.78, 5) is 12.5. The maximum atomic E-state index is 11.9. The third kappa shape index (κ3) is 3.96. The summed E-state index contributed by atoms with van der Waals surface area (Å²) in [6.45, 7) is 7.96. The second-order valence-corrected chi connectivity index (χ2v) is 8.13. The number of esters is 1. The van der Waals surface area contributed by atoms with Gasteiger partial charge in [-0.2, -0.15) is 0 Å². The van der Waals surface area contributed by atoms with Crippen molar-refractivity contribution in [3.05, 3.63) is 0 Å². The van der Waals surface area contributed by atoms with E-state index in [4.69, 9.17) is 40.2 Å². The van der Waals surface area contributed by atoms with E-state index < -0.39 is 10.3 Å². The molecule has 0 unspecified atom stereocenters. The first-order valence-electron chi connectivity index (χ1n) is 6.27. The molecule has 0 saturated heterocycles. The highest BCUT2D eigenvalue weighted by Crippen LogP contribution is 2.51. The fraction of sp³-hybridized carbons (Fsp3) is 0.846. The minimum atomic E-state index is -0.951. The topological polar surface area (TPSA) is 38.3 Å². The molecule has 110 valence electrons. The molecule has 1 saturated carbocycles. The lowest BCUT2D eigenvalue weighted by Crippen LogP contribution is -2.46. The van der Waals surface area contributed by atoms with Crippen LogP contribution in [-0.4, -0.2) is 27.9 Å². The van der Waals surface area contributed by atoms with Gasteiger partial charge in [-0.05, 0) is 33.1 Å². The summed E-state index contributed by atoms with van der Waals surface area (Å²) in [6, 6.07) is 0. The Balaban J connectivity index is 2.99. The van der Waals surface area contributed by atoms with Gasteiger partial charge in [0.2, 0.25) is 0 Å². The van der Waals surface area contributed by atoms with E-state index in [-0.39, 0.29) is 23.3 Å². The lowest BCUT2D eigenvalue weighted by Gasteiger charge is -2.30. The zero-order valence-electron chi connectivity index (χ0n) is 11.9. The molecule has 1 rings (SSSR count). The summed E-state index contributed by atoms with van der Waals surface area (Å²) in [6.07, 6.45) is 0.362. The van der Waals surface area contributed by atoms with Crippen LogP contribution in [0.4, 0.5) is 0 Å². The van der Waals surface area contributed by atoms with Crippen molar-refractivity contribution in [3.8, 4) is 0 Å². The molecule has 3 atom stereocenters. The number of rotatable bonds is 2. The van der Waals surface area contributed by atoms with E-state index in [0.717, 1.165) is 0 Å². The highest BCUT2D eigenvalue weighted by Gasteiger charge is 2.54. The standard InChI is InChI=1S/C13H21Cl2NO2S/c1-7-9(10(19)16-12(2,3)4)8(11(17)18-5)6-13(7,14)15/h7-9H,6H2,1-5H3,(H,16,19)/t7-,8+,9-/m0/s1. The number of nitrogens with one attached hydrogen (secondary N) is 1. The maximum Gasteiger partial charge on any atom is 0.309 e. The van der Waals surface area contributed by atoms with Crippen LogP contribution in [0, 0.1) is 17.8 Å². The van der Waals surface area contributed by atoms with Gasteiger partial charge in [-0.3, -0.25) is 4.79 Å². The van der Waals surface area contributed by atoms with E-state index in [1.807, 2.05) is 27.7 Å². The first-order valence-corrected chi connectivity index (χ1v) is 7.43. The molecular weight excluding hydrogens is 305 g/mol. The molecule has 19 heavy (non-hydrogen) atoms. The fourth-order valence-electron chi connectivity index (χ4n) is 2.46. The van der Waals surface area contributed by atoms with Crippen LogP contribution in [0.25, 0.3) is 0 Å². The number of ether oxygens (including phenoxy) is 1. The van der Waals surface area contributed by atoms with Gasteiger partial charge < -0.3 is 10.1 Å². The van der Waals surface area contributed by atoms with Crippen LogP contribution in [0.1, 0.15) is 34.1 Å². The van der Waals surface area contributed by atoms with Gasteiger partial charge in [-0.1, -0.05) is 19.1 Å². The van der Waals surface area contributed by atoms with Crippen molar-refractivity contribution in [1.29, 1.82) is 0 Å². The molecular formula is C13H21Cl2NO2S. The molecule has 3 nitrogen and oxygen atoms in total. The van der Waals surface area contributed by atoms with Crippen molar-refractivity contribution in [1.82, 2.24) is 5.32 Å². The summed E-state index contributed by atoms with van der Waals surface area (Å²) in [5.74, 6) is -1.01. The summed E-state index contributed by atoms with van der Waals surface area (Å²) in [5.41, 5.74) is -0.165. The average molecular weight is 326 g/mol. The van der Waals surface area contributed by atoms with Crippen LogP contribution in [0.2, 0.25) is 0 Å². The zero-order chi connectivity index (χ0) is 15.0. The second kappa shape index (κ2) is 5.74. The van der Waals surface area contributed by atoms with Crippen LogP contribution < -0.4 is 5.32 Å². The van der Waals surface area contributed by atoms with E-state index >= 15 is 0 Å². The Labute approximate surface area is 130 Å². The summed E-state index contributed by atoms with van der Waals surface area (Å²) >= 11 is 18.0. The predicted octanol–water partition coefficient (Wildman–Crippen LogP) is 3.32. The Morgan fingerprint density at radius 3 is 2.37 bits per heavy atom. The van der Waals surface area contributed by atoms with Gasteiger partial charge in [0.25, 0.3) is 0 Å². The zero-order valence-corrected chi connectivity index (χ0v) is 14.2. The number of methoxy groups -OCH3 is 1. The number of carbonyl (C=O) groups is 1. The van der Waals surface area contributed by atoms with Crippen molar-refractivity contribution in [3.63, 3.8) is 0 Å². The normalized spacial score (nSPS) is 29.9. The van der Waals surface area contributed by atoms with Crippen LogP contribution in [-0.2, 0) is 9.53 Å². The maximum absolute atomic E-state index is 11.9. The molecule has 0 amide bonds. The Morgan fingerprint density at radius 2 is 1.95 bits per heavy atom. The van der Waals surface area contributed by atoms with Gasteiger partial charge in [0, 0.05) is 11.5 Å². The minimum Gasteiger partial charge on any atom is -0.469 e. The molecule has 1 fully saturated rings. The number of thiocarbonyl (C=S) groups is 1. The highest BCUT2D eigenvalue weighted by molar-refractivity contribution is 7.80. The third-order valence-corrected chi connectivity index (χ3v) is 4.81. The van der Waals surface area contributed by atoms with E-state index in [0.29, 0.717) is 11.4 Å². The van der Waals surface area contributed by atoms with Crippen LogP contribution in [0.3, 0.4) is 0 Å². The fourth-order valence-corrected chi connectivity index (χ4v) is 3.74. The number of alkyl halides is 2. The summed E-state index contributed by atoms with van der Waals surface area (Å²) < 4.78 is 3.89. The molecule has 0 aromatic rings. The highest BCUT2D eigenvalue weighted by atomic mass is 35.5. The molecule has 0 aromatic carbocycles. The second-order valence-electron chi connectivity index (χ2n) is 6.15. The molecule has 6 heteroatoms. The Bertz CT molecular complexity index is 379. The molecule has 0 radical (unpaired) electrons. The lowest BCUT2D eigenvalue weighted by atomic mass is 9.89. The number of halogens is 2. The third-order valence-electron chi connectivity index (χ3n) is 3.44. The van der Waals surface area contributed by atoms with E-state index in [1.165, 1.54) is 7.11 Å². The van der Waals surface area contributed by atoms with Crippen molar-refractivity contribution in [2.75, 3.05) is 7.11 Å². The monoisotopic (exact) mass is 325 g/mol. The Morgan fingerprint density at radius 1 is 1.42 bits per heavy atom. The van der Waals surface area contributed by atoms with Crippen LogP contribution >= 0.6 is 35.4 Å². The minimum absolute atomic E-state index is 0.109. The van der Waals surface area contributed by atoms with Gasteiger partial charge in [0.15, 0.2) is 0 Å². The quantitative estimate of drug-likeness (QED) is 0.480. The van der Waals surface area contributed by atoms with Crippen LogP contribution in [0.5, 0.6) is 0 Å². The molecule has 0 aliphatic heterocycles. The van der Waals surface area contributed by atoms with Gasteiger partial charge in [0.1, 0.15) is 4.33 Å². The predicted molar refractivity (Wildman–Crippen MR) is 82.7 cm³/mol. The van der Waals surface area contributed by atoms with E-state index in [2.05, 4.69) is 5.32 Å². The molecule has 0 heterocycles. The summed E-state index contributed by atoms with van der Waals surface area (Å²) in [5, 5.41) is 3.24. The molecule has 1 aliphatic rings. The molecule has 1 aliphatic carbocycles. The summed E-state index contributed by atoms with van der Waals surface area (Å²) in [7, 11) is 1.37. The lowest BCUT2D eigenvalue weighted by molar-refractivity contribution is -0.146. The van der Waals surface area contributed by atoms with Gasteiger partial charge in [0.05, 0.1) is 18.0 Å². The first-order chi connectivity index (χ1) is 8.49. The first kappa shape index (κ1) is 17.0. The number of carbonyl (C=O) groups excluding carboxylic acids is 1. The largest absolute Gasteiger partial charge is 0.469 e. The average Bonchev–Trinajstić information content (AvgIpc) is 2.47. The van der Waals surface area contributed by atoms with Crippen molar-refractivity contribution >= 4 is 46.4 Å². The number of hydrogen-bond acceptors (Lipinski definition) is 3. The van der Waals surface area contributed by atoms with Crippen molar-refractivity contribution < 1.29 is 9.53 Å². The van der Waals surface area contributed by atoms with Gasteiger partial charge in [-0.25, -0.2) is 0 Å². The van der Waals surface area contributed by atoms with Crippen molar-refractivity contribution in [2.45, 2.75) is 44.0 Å². The van der Waals surface area contributed by atoms with Crippen LogP contribution in [0.15, 0.2) is 0 Å². The van der Waals surface area contributed by atoms with Gasteiger partial charge in [-0.15, -0.1) is 23.2 Å². The molecule has 0 bridgehead atoms.